The number of carbonyl (C=O) groups is 1. The SMILES string of the molecule is CNc1ccc(C(=O)NCC2C(C)(C)C2(C)C)nc1. The molecule has 2 rings (SSSR count). The lowest BCUT2D eigenvalue weighted by molar-refractivity contribution is 0.0945. The Labute approximate surface area is 115 Å². The van der Waals surface area contributed by atoms with Crippen molar-refractivity contribution in [2.24, 2.45) is 16.7 Å². The van der Waals surface area contributed by atoms with Gasteiger partial charge in [0.2, 0.25) is 0 Å². The minimum Gasteiger partial charge on any atom is -0.387 e. The molecule has 1 saturated carbocycles. The summed E-state index contributed by atoms with van der Waals surface area (Å²) in [5.74, 6) is 0.432. The number of hydrogen-bond donors (Lipinski definition) is 2. The van der Waals surface area contributed by atoms with Crippen LogP contribution in [0.15, 0.2) is 18.3 Å². The van der Waals surface area contributed by atoms with Crippen LogP contribution in [-0.2, 0) is 0 Å². The van der Waals surface area contributed by atoms with Crippen molar-refractivity contribution < 1.29 is 4.79 Å². The molecule has 0 saturated heterocycles. The molecule has 2 N–H and O–H groups in total. The van der Waals surface area contributed by atoms with Gasteiger partial charge in [0, 0.05) is 13.6 Å². The number of carbonyl (C=O) groups excluding carboxylic acids is 1. The summed E-state index contributed by atoms with van der Waals surface area (Å²) in [6, 6.07) is 3.59. The number of rotatable bonds is 4. The molecule has 19 heavy (non-hydrogen) atoms. The molecule has 0 atom stereocenters. The minimum absolute atomic E-state index is 0.0962. The quantitative estimate of drug-likeness (QED) is 0.875. The Morgan fingerprint density at radius 2 is 1.89 bits per heavy atom. The largest absolute Gasteiger partial charge is 0.387 e. The van der Waals surface area contributed by atoms with Gasteiger partial charge in [0.25, 0.3) is 5.91 Å². The minimum atomic E-state index is -0.0962. The first-order valence-electron chi connectivity index (χ1n) is 6.72. The summed E-state index contributed by atoms with van der Waals surface area (Å²) < 4.78 is 0. The van der Waals surface area contributed by atoms with E-state index in [0.29, 0.717) is 29.0 Å². The molecule has 0 bridgehead atoms. The third kappa shape index (κ3) is 2.31. The van der Waals surface area contributed by atoms with Crippen LogP contribution in [-0.4, -0.2) is 24.5 Å². The molecule has 0 radical (unpaired) electrons. The highest BCUT2D eigenvalue weighted by Crippen LogP contribution is 2.67. The van der Waals surface area contributed by atoms with E-state index in [1.54, 1.807) is 12.3 Å². The lowest BCUT2D eigenvalue weighted by atomic mass is 10.0. The Morgan fingerprint density at radius 3 is 2.32 bits per heavy atom. The first kappa shape index (κ1) is 13.8. The van der Waals surface area contributed by atoms with Crippen molar-refractivity contribution in [2.75, 3.05) is 18.9 Å². The number of amides is 1. The standard InChI is InChI=1S/C15H23N3O/c1-14(2)12(15(14,3)4)9-18-13(19)11-7-6-10(16-5)8-17-11/h6-8,12,16H,9H2,1-5H3,(H,18,19). The van der Waals surface area contributed by atoms with E-state index < -0.39 is 0 Å². The molecule has 1 aliphatic carbocycles. The summed E-state index contributed by atoms with van der Waals surface area (Å²) in [4.78, 5) is 16.2. The van der Waals surface area contributed by atoms with Crippen LogP contribution in [0, 0.1) is 16.7 Å². The Morgan fingerprint density at radius 1 is 1.26 bits per heavy atom. The predicted octanol–water partition coefficient (Wildman–Crippen LogP) is 2.54. The molecule has 0 aliphatic heterocycles. The summed E-state index contributed by atoms with van der Waals surface area (Å²) in [7, 11) is 1.83. The summed E-state index contributed by atoms with van der Waals surface area (Å²) in [5.41, 5.74) is 1.96. The van der Waals surface area contributed by atoms with Crippen molar-refractivity contribution in [1.29, 1.82) is 0 Å². The van der Waals surface area contributed by atoms with Crippen LogP contribution in [0.25, 0.3) is 0 Å². The Kier molecular flexibility index (Phi) is 3.29. The van der Waals surface area contributed by atoms with Crippen LogP contribution in [0.3, 0.4) is 0 Å². The topological polar surface area (TPSA) is 54.0 Å². The molecule has 1 heterocycles. The normalized spacial score (nSPS) is 19.8. The smallest absolute Gasteiger partial charge is 0.269 e. The third-order valence-electron chi connectivity index (χ3n) is 5.07. The van der Waals surface area contributed by atoms with Gasteiger partial charge in [-0.2, -0.15) is 0 Å². The van der Waals surface area contributed by atoms with Crippen molar-refractivity contribution in [1.82, 2.24) is 10.3 Å². The average Bonchev–Trinajstić information content (AvgIpc) is 2.77. The fraction of sp³-hybridized carbons (Fsp3) is 0.600. The molecule has 1 aromatic rings. The molecule has 4 nitrogen and oxygen atoms in total. The first-order valence-corrected chi connectivity index (χ1v) is 6.72. The van der Waals surface area contributed by atoms with E-state index in [9.17, 15) is 4.79 Å². The van der Waals surface area contributed by atoms with Crippen LogP contribution in [0.5, 0.6) is 0 Å². The van der Waals surface area contributed by atoms with Gasteiger partial charge in [-0.15, -0.1) is 0 Å². The maximum absolute atomic E-state index is 12.0. The van der Waals surface area contributed by atoms with E-state index in [1.165, 1.54) is 0 Å². The van der Waals surface area contributed by atoms with E-state index >= 15 is 0 Å². The van der Waals surface area contributed by atoms with Gasteiger partial charge in [-0.1, -0.05) is 27.7 Å². The van der Waals surface area contributed by atoms with Gasteiger partial charge in [-0.25, -0.2) is 4.98 Å². The highest BCUT2D eigenvalue weighted by Gasteiger charge is 2.64. The van der Waals surface area contributed by atoms with Crippen molar-refractivity contribution in [3.05, 3.63) is 24.0 Å². The zero-order chi connectivity index (χ0) is 14.3. The number of anilines is 1. The van der Waals surface area contributed by atoms with E-state index in [2.05, 4.69) is 43.3 Å². The maximum atomic E-state index is 12.0. The number of nitrogens with zero attached hydrogens (tertiary/aromatic N) is 1. The van der Waals surface area contributed by atoms with E-state index in [1.807, 2.05) is 13.1 Å². The van der Waals surface area contributed by atoms with Crippen LogP contribution in [0.4, 0.5) is 5.69 Å². The Bertz CT molecular complexity index is 463. The van der Waals surface area contributed by atoms with Gasteiger partial charge in [-0.05, 0) is 28.9 Å². The molecule has 1 aliphatic rings. The monoisotopic (exact) mass is 261 g/mol. The lowest BCUT2D eigenvalue weighted by Gasteiger charge is -2.06. The van der Waals surface area contributed by atoms with Crippen molar-refractivity contribution in [3.63, 3.8) is 0 Å². The fourth-order valence-corrected chi connectivity index (χ4v) is 2.80. The fourth-order valence-electron chi connectivity index (χ4n) is 2.80. The van der Waals surface area contributed by atoms with E-state index in [4.69, 9.17) is 0 Å². The molecule has 4 heteroatoms. The molecule has 0 aromatic carbocycles. The molecule has 0 unspecified atom stereocenters. The van der Waals surface area contributed by atoms with Crippen LogP contribution in [0.1, 0.15) is 38.2 Å². The van der Waals surface area contributed by atoms with E-state index in [-0.39, 0.29) is 5.91 Å². The molecule has 0 spiro atoms. The van der Waals surface area contributed by atoms with Gasteiger partial charge in [0.15, 0.2) is 0 Å². The first-order chi connectivity index (χ1) is 8.80. The summed E-state index contributed by atoms with van der Waals surface area (Å²) in [6.45, 7) is 9.73. The zero-order valence-corrected chi connectivity index (χ0v) is 12.4. The van der Waals surface area contributed by atoms with Crippen molar-refractivity contribution in [2.45, 2.75) is 27.7 Å². The number of pyridine rings is 1. The number of hydrogen-bond acceptors (Lipinski definition) is 3. The number of nitrogens with one attached hydrogen (secondary N) is 2. The van der Waals surface area contributed by atoms with Gasteiger partial charge < -0.3 is 10.6 Å². The maximum Gasteiger partial charge on any atom is 0.269 e. The highest BCUT2D eigenvalue weighted by atomic mass is 16.1. The second-order valence-corrected chi connectivity index (χ2v) is 6.39. The third-order valence-corrected chi connectivity index (χ3v) is 5.07. The second-order valence-electron chi connectivity index (χ2n) is 6.39. The van der Waals surface area contributed by atoms with E-state index in [0.717, 1.165) is 5.69 Å². The van der Waals surface area contributed by atoms with Crippen molar-refractivity contribution >= 4 is 11.6 Å². The predicted molar refractivity (Wildman–Crippen MR) is 77.2 cm³/mol. The average molecular weight is 261 g/mol. The van der Waals surface area contributed by atoms with Gasteiger partial charge >= 0.3 is 0 Å². The summed E-state index contributed by atoms with van der Waals surface area (Å²) in [5, 5.41) is 5.97. The molecule has 1 amide bonds. The number of aromatic nitrogens is 1. The molecular weight excluding hydrogens is 238 g/mol. The lowest BCUT2D eigenvalue weighted by Crippen LogP contribution is -2.27. The van der Waals surface area contributed by atoms with Gasteiger partial charge in [0.05, 0.1) is 11.9 Å². The molecule has 104 valence electrons. The summed E-state index contributed by atoms with van der Waals surface area (Å²) >= 11 is 0. The van der Waals surface area contributed by atoms with Crippen LogP contribution < -0.4 is 10.6 Å². The van der Waals surface area contributed by atoms with Crippen LogP contribution >= 0.6 is 0 Å². The van der Waals surface area contributed by atoms with Gasteiger partial charge in [0.1, 0.15) is 5.69 Å². The van der Waals surface area contributed by atoms with Crippen molar-refractivity contribution in [3.8, 4) is 0 Å². The summed E-state index contributed by atoms with van der Waals surface area (Å²) in [6.07, 6.45) is 1.67. The van der Waals surface area contributed by atoms with Crippen LogP contribution in [0.2, 0.25) is 0 Å². The molecule has 1 fully saturated rings. The highest BCUT2D eigenvalue weighted by molar-refractivity contribution is 5.92. The van der Waals surface area contributed by atoms with Gasteiger partial charge in [-0.3, -0.25) is 4.79 Å². The zero-order valence-electron chi connectivity index (χ0n) is 12.4. The Balaban J connectivity index is 1.92. The molecule has 1 aromatic heterocycles. The molecular formula is C15H23N3O. The Hall–Kier alpha value is -1.58. The second kappa shape index (κ2) is 4.51.